The number of unbranched alkanes of at least 4 members (excludes halogenated alkanes) is 4. The van der Waals surface area contributed by atoms with Crippen LogP contribution < -0.4 is 5.73 Å². The Morgan fingerprint density at radius 1 is 1.00 bits per heavy atom. The summed E-state index contributed by atoms with van der Waals surface area (Å²) in [6, 6.07) is 0. The fourth-order valence-corrected chi connectivity index (χ4v) is 2.04. The van der Waals surface area contributed by atoms with Gasteiger partial charge in [0.25, 0.3) is 0 Å². The first-order chi connectivity index (χ1) is 8.02. The van der Waals surface area contributed by atoms with Crippen LogP contribution in [0.5, 0.6) is 0 Å². The second-order valence-electron chi connectivity index (χ2n) is 5.91. The molecule has 0 bridgehead atoms. The largest absolute Gasteiger partial charge is 0.330 e. The van der Waals surface area contributed by atoms with Crippen molar-refractivity contribution in [3.05, 3.63) is 0 Å². The first kappa shape index (κ1) is 16.6. The van der Waals surface area contributed by atoms with Crippen LogP contribution in [0.25, 0.3) is 0 Å². The van der Waals surface area contributed by atoms with Gasteiger partial charge in [-0.25, -0.2) is 0 Å². The summed E-state index contributed by atoms with van der Waals surface area (Å²) in [5.74, 6) is 0.437. The highest BCUT2D eigenvalue weighted by Gasteiger charge is 2.17. The van der Waals surface area contributed by atoms with E-state index in [0.717, 1.165) is 38.6 Å². The molecule has 2 heteroatoms. The summed E-state index contributed by atoms with van der Waals surface area (Å²) in [5, 5.41) is 0. The molecule has 0 saturated heterocycles. The minimum atomic E-state index is 0.229. The smallest absolute Gasteiger partial charge is 0.132 e. The second kappa shape index (κ2) is 9.64. The average molecular weight is 241 g/mol. The first-order valence-electron chi connectivity index (χ1n) is 7.23. The van der Waals surface area contributed by atoms with Crippen LogP contribution in [0.1, 0.15) is 78.6 Å². The first-order valence-corrected chi connectivity index (χ1v) is 7.23. The molecule has 0 atom stereocenters. The Morgan fingerprint density at radius 2 is 1.65 bits per heavy atom. The van der Waals surface area contributed by atoms with Crippen molar-refractivity contribution in [2.24, 2.45) is 11.1 Å². The summed E-state index contributed by atoms with van der Waals surface area (Å²) in [5.41, 5.74) is 5.79. The van der Waals surface area contributed by atoms with E-state index in [1.165, 1.54) is 25.7 Å². The molecule has 0 radical (unpaired) electrons. The Morgan fingerprint density at radius 3 is 2.24 bits per heavy atom. The summed E-state index contributed by atoms with van der Waals surface area (Å²) in [6.07, 6.45) is 9.65. The zero-order valence-electron chi connectivity index (χ0n) is 12.1. The molecule has 102 valence electrons. The summed E-state index contributed by atoms with van der Waals surface area (Å²) in [4.78, 5) is 11.7. The fraction of sp³-hybridized carbons (Fsp3) is 0.933. The number of ketones is 1. The van der Waals surface area contributed by atoms with E-state index in [9.17, 15) is 4.79 Å². The third kappa shape index (κ3) is 10.5. The van der Waals surface area contributed by atoms with Gasteiger partial charge in [0.15, 0.2) is 0 Å². The van der Waals surface area contributed by atoms with Crippen molar-refractivity contribution in [3.8, 4) is 0 Å². The monoisotopic (exact) mass is 241 g/mol. The van der Waals surface area contributed by atoms with Gasteiger partial charge in [-0.3, -0.25) is 4.79 Å². The number of hydrogen-bond acceptors (Lipinski definition) is 2. The second-order valence-corrected chi connectivity index (χ2v) is 5.91. The standard InChI is InChI=1S/C15H31NO/c1-4-5-6-7-8-9-14(17)10-11-15(2,3)12-13-16/h4-13,16H2,1-3H3. The van der Waals surface area contributed by atoms with Gasteiger partial charge in [-0.2, -0.15) is 0 Å². The Hall–Kier alpha value is -0.370. The van der Waals surface area contributed by atoms with Gasteiger partial charge in [-0.15, -0.1) is 0 Å². The molecule has 0 aliphatic carbocycles. The molecular formula is C15H31NO. The molecular weight excluding hydrogens is 210 g/mol. The molecule has 0 saturated carbocycles. The predicted octanol–water partition coefficient (Wildman–Crippen LogP) is 4.07. The molecule has 0 amide bonds. The lowest BCUT2D eigenvalue weighted by Crippen LogP contribution is -2.18. The highest BCUT2D eigenvalue weighted by Crippen LogP contribution is 2.26. The predicted molar refractivity (Wildman–Crippen MR) is 75.1 cm³/mol. The molecule has 0 aliphatic heterocycles. The zero-order chi connectivity index (χ0) is 13.1. The van der Waals surface area contributed by atoms with Gasteiger partial charge in [0.2, 0.25) is 0 Å². The van der Waals surface area contributed by atoms with Gasteiger partial charge in [-0.05, 0) is 31.2 Å². The van der Waals surface area contributed by atoms with Crippen molar-refractivity contribution in [1.29, 1.82) is 0 Å². The maximum Gasteiger partial charge on any atom is 0.132 e. The minimum Gasteiger partial charge on any atom is -0.330 e. The number of carbonyl (C=O) groups is 1. The van der Waals surface area contributed by atoms with Crippen LogP contribution in [0.2, 0.25) is 0 Å². The van der Waals surface area contributed by atoms with Gasteiger partial charge in [0.1, 0.15) is 5.78 Å². The summed E-state index contributed by atoms with van der Waals surface area (Å²) >= 11 is 0. The van der Waals surface area contributed by atoms with E-state index in [1.807, 2.05) is 0 Å². The molecule has 0 heterocycles. The lowest BCUT2D eigenvalue weighted by atomic mass is 9.83. The van der Waals surface area contributed by atoms with Gasteiger partial charge < -0.3 is 5.73 Å². The molecule has 0 fully saturated rings. The van der Waals surface area contributed by atoms with Crippen molar-refractivity contribution in [3.63, 3.8) is 0 Å². The Kier molecular flexibility index (Phi) is 9.43. The van der Waals surface area contributed by atoms with E-state index >= 15 is 0 Å². The maximum absolute atomic E-state index is 11.7. The molecule has 2 nitrogen and oxygen atoms in total. The summed E-state index contributed by atoms with van der Waals surface area (Å²) in [7, 11) is 0. The zero-order valence-corrected chi connectivity index (χ0v) is 12.1. The van der Waals surface area contributed by atoms with Gasteiger partial charge in [0.05, 0.1) is 0 Å². The van der Waals surface area contributed by atoms with Crippen LogP contribution in [0.4, 0.5) is 0 Å². The van der Waals surface area contributed by atoms with E-state index in [4.69, 9.17) is 5.73 Å². The Balaban J connectivity index is 3.52. The van der Waals surface area contributed by atoms with E-state index in [0.29, 0.717) is 5.78 Å². The lowest BCUT2D eigenvalue weighted by Gasteiger charge is -2.23. The van der Waals surface area contributed by atoms with Crippen molar-refractivity contribution in [2.75, 3.05) is 6.54 Å². The van der Waals surface area contributed by atoms with Crippen LogP contribution in [0.15, 0.2) is 0 Å². The minimum absolute atomic E-state index is 0.229. The van der Waals surface area contributed by atoms with Crippen LogP contribution in [0.3, 0.4) is 0 Å². The molecule has 2 N–H and O–H groups in total. The van der Waals surface area contributed by atoms with Gasteiger partial charge in [-0.1, -0.05) is 46.5 Å². The highest BCUT2D eigenvalue weighted by molar-refractivity contribution is 5.78. The van der Waals surface area contributed by atoms with E-state index < -0.39 is 0 Å². The number of nitrogens with two attached hydrogens (primary N) is 1. The third-order valence-corrected chi connectivity index (χ3v) is 3.46. The van der Waals surface area contributed by atoms with Crippen LogP contribution >= 0.6 is 0 Å². The molecule has 0 aromatic rings. The summed E-state index contributed by atoms with van der Waals surface area (Å²) in [6.45, 7) is 7.34. The molecule has 0 aromatic heterocycles. The van der Waals surface area contributed by atoms with Gasteiger partial charge >= 0.3 is 0 Å². The SMILES string of the molecule is CCCCCCCC(=O)CCC(C)(C)CCN. The topological polar surface area (TPSA) is 43.1 Å². The molecule has 0 spiro atoms. The maximum atomic E-state index is 11.7. The van der Waals surface area contributed by atoms with E-state index in [-0.39, 0.29) is 5.41 Å². The fourth-order valence-electron chi connectivity index (χ4n) is 2.04. The Labute approximate surface area is 107 Å². The number of hydrogen-bond donors (Lipinski definition) is 1. The van der Waals surface area contributed by atoms with E-state index in [1.54, 1.807) is 0 Å². The highest BCUT2D eigenvalue weighted by atomic mass is 16.1. The van der Waals surface area contributed by atoms with Crippen molar-refractivity contribution in [2.45, 2.75) is 78.6 Å². The lowest BCUT2D eigenvalue weighted by molar-refractivity contribution is -0.119. The summed E-state index contributed by atoms with van der Waals surface area (Å²) < 4.78 is 0. The number of carbonyl (C=O) groups excluding carboxylic acids is 1. The molecule has 17 heavy (non-hydrogen) atoms. The average Bonchev–Trinajstić information content (AvgIpc) is 2.26. The van der Waals surface area contributed by atoms with Gasteiger partial charge in [0, 0.05) is 12.8 Å². The van der Waals surface area contributed by atoms with Crippen LogP contribution in [-0.4, -0.2) is 12.3 Å². The van der Waals surface area contributed by atoms with Crippen LogP contribution in [0, 0.1) is 5.41 Å². The third-order valence-electron chi connectivity index (χ3n) is 3.46. The molecule has 0 aliphatic rings. The number of rotatable bonds is 11. The normalized spacial score (nSPS) is 11.8. The molecule has 0 rings (SSSR count). The van der Waals surface area contributed by atoms with Crippen molar-refractivity contribution < 1.29 is 4.79 Å². The van der Waals surface area contributed by atoms with Crippen LogP contribution in [-0.2, 0) is 4.79 Å². The van der Waals surface area contributed by atoms with E-state index in [2.05, 4.69) is 20.8 Å². The molecule has 0 aromatic carbocycles. The number of Topliss-reactive ketones (excluding diaryl/α,β-unsaturated/α-hetero) is 1. The quantitative estimate of drug-likeness (QED) is 0.554. The molecule has 0 unspecified atom stereocenters. The van der Waals surface area contributed by atoms with Crippen molar-refractivity contribution >= 4 is 5.78 Å². The Bertz CT molecular complexity index is 199. The van der Waals surface area contributed by atoms with Crippen molar-refractivity contribution in [1.82, 2.24) is 0 Å².